The van der Waals surface area contributed by atoms with Crippen LogP contribution in [0.1, 0.15) is 17.2 Å². The highest BCUT2D eigenvalue weighted by Gasteiger charge is 2.12. The Bertz CT molecular complexity index is 524. The number of hydrogen-bond donors (Lipinski definition) is 1. The lowest BCUT2D eigenvalue weighted by molar-refractivity contribution is 0.219. The van der Waals surface area contributed by atoms with Crippen molar-refractivity contribution in [3.05, 3.63) is 68.9 Å². The zero-order valence-electron chi connectivity index (χ0n) is 8.70. The van der Waals surface area contributed by atoms with E-state index in [9.17, 15) is 9.50 Å². The van der Waals surface area contributed by atoms with Crippen molar-refractivity contribution in [2.45, 2.75) is 6.10 Å². The molecule has 0 saturated carbocycles. The highest BCUT2D eigenvalue weighted by molar-refractivity contribution is 9.10. The average Bonchev–Trinajstić information content (AvgIpc) is 2.26. The Morgan fingerprint density at radius 2 is 1.88 bits per heavy atom. The Balaban J connectivity index is 2.39. The van der Waals surface area contributed by atoms with E-state index in [0.29, 0.717) is 11.1 Å². The number of rotatable bonds is 2. The van der Waals surface area contributed by atoms with Crippen LogP contribution in [0.25, 0.3) is 0 Å². The summed E-state index contributed by atoms with van der Waals surface area (Å²) in [5.74, 6) is -0.457. The Morgan fingerprint density at radius 1 is 1.12 bits per heavy atom. The second-order valence-corrected chi connectivity index (χ2v) is 5.01. The van der Waals surface area contributed by atoms with Gasteiger partial charge in [-0.15, -0.1) is 0 Å². The molecule has 1 unspecified atom stereocenters. The number of hydrogen-bond acceptors (Lipinski definition) is 1. The lowest BCUT2D eigenvalue weighted by Gasteiger charge is -2.12. The molecule has 4 heteroatoms. The van der Waals surface area contributed by atoms with E-state index in [-0.39, 0.29) is 5.02 Å². The highest BCUT2D eigenvalue weighted by atomic mass is 79.9. The fourth-order valence-electron chi connectivity index (χ4n) is 1.60. The fraction of sp³-hybridized carbons (Fsp3) is 0.0769. The van der Waals surface area contributed by atoms with Crippen molar-refractivity contribution in [2.75, 3.05) is 0 Å². The van der Waals surface area contributed by atoms with Crippen molar-refractivity contribution in [3.63, 3.8) is 0 Å². The molecule has 0 saturated heterocycles. The maximum atomic E-state index is 13.2. The smallest absolute Gasteiger partial charge is 0.125 e. The van der Waals surface area contributed by atoms with Crippen molar-refractivity contribution in [3.8, 4) is 0 Å². The van der Waals surface area contributed by atoms with E-state index in [4.69, 9.17) is 11.6 Å². The Morgan fingerprint density at radius 3 is 2.53 bits per heavy atom. The molecular weight excluding hydrogens is 306 g/mol. The van der Waals surface area contributed by atoms with Crippen LogP contribution in [0, 0.1) is 5.82 Å². The molecule has 17 heavy (non-hydrogen) atoms. The standard InChI is InChI=1S/C13H9BrClFO/c14-10-3-1-2-8(4-10)13(17)9-5-11(15)7-12(16)6-9/h1-7,13,17H. The van der Waals surface area contributed by atoms with Crippen molar-refractivity contribution in [1.29, 1.82) is 0 Å². The molecule has 0 aliphatic carbocycles. The second kappa shape index (κ2) is 5.17. The molecule has 0 aromatic heterocycles. The van der Waals surface area contributed by atoms with Crippen LogP contribution in [0.5, 0.6) is 0 Å². The minimum Gasteiger partial charge on any atom is -0.384 e. The quantitative estimate of drug-likeness (QED) is 0.875. The normalized spacial score (nSPS) is 12.5. The van der Waals surface area contributed by atoms with E-state index < -0.39 is 11.9 Å². The van der Waals surface area contributed by atoms with Crippen molar-refractivity contribution in [1.82, 2.24) is 0 Å². The first-order valence-electron chi connectivity index (χ1n) is 4.96. The van der Waals surface area contributed by atoms with Gasteiger partial charge in [0, 0.05) is 9.50 Å². The highest BCUT2D eigenvalue weighted by Crippen LogP contribution is 2.27. The van der Waals surface area contributed by atoms with Gasteiger partial charge in [0.25, 0.3) is 0 Å². The van der Waals surface area contributed by atoms with Gasteiger partial charge in [-0.1, -0.05) is 39.7 Å². The maximum absolute atomic E-state index is 13.2. The van der Waals surface area contributed by atoms with Crippen molar-refractivity contribution < 1.29 is 9.50 Å². The largest absolute Gasteiger partial charge is 0.384 e. The SMILES string of the molecule is OC(c1cc(F)cc(Cl)c1)c1cccc(Br)c1. The summed E-state index contributed by atoms with van der Waals surface area (Å²) in [4.78, 5) is 0. The van der Waals surface area contributed by atoms with Crippen LogP contribution in [-0.2, 0) is 0 Å². The number of halogens is 3. The molecule has 0 bridgehead atoms. The van der Waals surface area contributed by atoms with Crippen LogP contribution in [0.2, 0.25) is 5.02 Å². The minimum atomic E-state index is -0.888. The first-order chi connectivity index (χ1) is 8.06. The van der Waals surface area contributed by atoms with Crippen LogP contribution in [-0.4, -0.2) is 5.11 Å². The number of benzene rings is 2. The molecule has 0 spiro atoms. The Hall–Kier alpha value is -0.900. The molecule has 1 nitrogen and oxygen atoms in total. The summed E-state index contributed by atoms with van der Waals surface area (Å²) in [7, 11) is 0. The summed E-state index contributed by atoms with van der Waals surface area (Å²) in [5, 5.41) is 10.4. The molecular formula is C13H9BrClFO. The molecule has 1 atom stereocenters. The first-order valence-corrected chi connectivity index (χ1v) is 6.13. The third-order valence-electron chi connectivity index (χ3n) is 2.37. The predicted molar refractivity (Wildman–Crippen MR) is 69.6 cm³/mol. The molecule has 0 fully saturated rings. The van der Waals surface area contributed by atoms with Crippen molar-refractivity contribution >= 4 is 27.5 Å². The van der Waals surface area contributed by atoms with Crippen LogP contribution in [0.3, 0.4) is 0 Å². The van der Waals surface area contributed by atoms with Gasteiger partial charge in [-0.05, 0) is 41.5 Å². The van der Waals surface area contributed by atoms with E-state index in [1.165, 1.54) is 12.1 Å². The zero-order valence-corrected chi connectivity index (χ0v) is 11.0. The van der Waals surface area contributed by atoms with Crippen LogP contribution in [0.4, 0.5) is 4.39 Å². The summed E-state index contributed by atoms with van der Waals surface area (Å²) >= 11 is 9.07. The topological polar surface area (TPSA) is 20.2 Å². The molecule has 2 aromatic rings. The third kappa shape index (κ3) is 3.06. The third-order valence-corrected chi connectivity index (χ3v) is 3.08. The van der Waals surface area contributed by atoms with Gasteiger partial charge < -0.3 is 5.11 Å². The van der Waals surface area contributed by atoms with Crippen molar-refractivity contribution in [2.24, 2.45) is 0 Å². The minimum absolute atomic E-state index is 0.272. The monoisotopic (exact) mass is 314 g/mol. The summed E-state index contributed by atoms with van der Waals surface area (Å²) < 4.78 is 14.0. The van der Waals surface area contributed by atoms with Gasteiger partial charge >= 0.3 is 0 Å². The second-order valence-electron chi connectivity index (χ2n) is 3.66. The Labute approximate surface area is 112 Å². The lowest BCUT2D eigenvalue weighted by Crippen LogP contribution is -2.00. The molecule has 0 heterocycles. The van der Waals surface area contributed by atoms with Gasteiger partial charge in [0.1, 0.15) is 11.9 Å². The van der Waals surface area contributed by atoms with Gasteiger partial charge in [-0.2, -0.15) is 0 Å². The van der Waals surface area contributed by atoms with E-state index in [0.717, 1.165) is 4.47 Å². The van der Waals surface area contributed by atoms with Gasteiger partial charge in [-0.3, -0.25) is 0 Å². The van der Waals surface area contributed by atoms with Crippen LogP contribution < -0.4 is 0 Å². The molecule has 0 amide bonds. The molecule has 0 radical (unpaired) electrons. The maximum Gasteiger partial charge on any atom is 0.125 e. The van der Waals surface area contributed by atoms with Crippen LogP contribution in [0.15, 0.2) is 46.9 Å². The molecule has 1 N–H and O–H groups in total. The molecule has 0 aliphatic heterocycles. The molecule has 2 aromatic carbocycles. The number of aliphatic hydroxyl groups is 1. The van der Waals surface area contributed by atoms with Crippen LogP contribution >= 0.6 is 27.5 Å². The Kier molecular flexibility index (Phi) is 3.82. The summed E-state index contributed by atoms with van der Waals surface area (Å²) in [6.07, 6.45) is -0.888. The average molecular weight is 316 g/mol. The zero-order chi connectivity index (χ0) is 12.4. The van der Waals surface area contributed by atoms with Gasteiger partial charge in [0.15, 0.2) is 0 Å². The van der Waals surface area contributed by atoms with Gasteiger partial charge in [0.2, 0.25) is 0 Å². The first kappa shape index (κ1) is 12.6. The summed E-state index contributed by atoms with van der Waals surface area (Å²) in [6, 6.07) is 11.3. The molecule has 2 rings (SSSR count). The summed E-state index contributed by atoms with van der Waals surface area (Å²) in [6.45, 7) is 0. The van der Waals surface area contributed by atoms with E-state index in [1.807, 2.05) is 12.1 Å². The van der Waals surface area contributed by atoms with E-state index in [1.54, 1.807) is 18.2 Å². The molecule has 0 aliphatic rings. The van der Waals surface area contributed by atoms with Gasteiger partial charge in [0.05, 0.1) is 0 Å². The fourth-order valence-corrected chi connectivity index (χ4v) is 2.25. The van der Waals surface area contributed by atoms with Gasteiger partial charge in [-0.25, -0.2) is 4.39 Å². The summed E-state index contributed by atoms with van der Waals surface area (Å²) in [5.41, 5.74) is 1.12. The predicted octanol–water partition coefficient (Wildman–Crippen LogP) is 4.32. The van der Waals surface area contributed by atoms with E-state index in [2.05, 4.69) is 15.9 Å². The lowest BCUT2D eigenvalue weighted by atomic mass is 10.0. The molecule has 88 valence electrons. The van der Waals surface area contributed by atoms with E-state index >= 15 is 0 Å². The number of aliphatic hydroxyl groups excluding tert-OH is 1.